The van der Waals surface area contributed by atoms with Crippen molar-refractivity contribution in [1.82, 2.24) is 0 Å². The summed E-state index contributed by atoms with van der Waals surface area (Å²) in [6.07, 6.45) is 0. The van der Waals surface area contributed by atoms with E-state index < -0.39 is 15.9 Å². The topological polar surface area (TPSA) is 98.5 Å². The van der Waals surface area contributed by atoms with Gasteiger partial charge in [0.05, 0.1) is 12.0 Å². The zero-order valence-corrected chi connectivity index (χ0v) is 13.0. The lowest BCUT2D eigenvalue weighted by Gasteiger charge is -2.11. The molecule has 0 atom stereocenters. The van der Waals surface area contributed by atoms with Crippen molar-refractivity contribution in [2.45, 2.75) is 11.8 Å². The van der Waals surface area contributed by atoms with Crippen LogP contribution in [0.4, 0.5) is 5.69 Å². The van der Waals surface area contributed by atoms with Crippen LogP contribution in [0.15, 0.2) is 47.4 Å². The maximum Gasteiger partial charge on any atom is 0.262 e. The smallest absolute Gasteiger partial charge is 0.262 e. The van der Waals surface area contributed by atoms with Crippen LogP contribution in [0.2, 0.25) is 0 Å². The number of aryl methyl sites for hydroxylation is 1. The number of benzene rings is 2. The van der Waals surface area contributed by atoms with Gasteiger partial charge in [-0.25, -0.2) is 8.42 Å². The van der Waals surface area contributed by atoms with Crippen LogP contribution in [0.3, 0.4) is 0 Å². The molecule has 0 aliphatic carbocycles. The quantitative estimate of drug-likeness (QED) is 0.879. The lowest BCUT2D eigenvalue weighted by molar-refractivity contribution is 0.100. The van der Waals surface area contributed by atoms with Crippen LogP contribution >= 0.6 is 0 Å². The van der Waals surface area contributed by atoms with Gasteiger partial charge < -0.3 is 10.5 Å². The molecule has 3 N–H and O–H groups in total. The molecular weight excluding hydrogens is 304 g/mol. The number of amides is 1. The molecule has 0 saturated carbocycles. The molecule has 0 aliphatic rings. The van der Waals surface area contributed by atoms with E-state index >= 15 is 0 Å². The summed E-state index contributed by atoms with van der Waals surface area (Å²) in [5.74, 6) is 0.0164. The van der Waals surface area contributed by atoms with E-state index in [9.17, 15) is 13.2 Å². The Morgan fingerprint density at radius 3 is 2.27 bits per heavy atom. The summed E-state index contributed by atoms with van der Waals surface area (Å²) in [7, 11) is -2.21. The Labute approximate surface area is 129 Å². The molecule has 0 radical (unpaired) electrons. The summed E-state index contributed by atoms with van der Waals surface area (Å²) in [5, 5.41) is 0. The number of ether oxygens (including phenoxy) is 1. The summed E-state index contributed by atoms with van der Waals surface area (Å²) in [5.41, 5.74) is 6.37. The molecule has 0 fully saturated rings. The van der Waals surface area contributed by atoms with Crippen molar-refractivity contribution >= 4 is 21.6 Å². The number of nitrogens with one attached hydrogen (secondary N) is 1. The van der Waals surface area contributed by atoms with Gasteiger partial charge in [0.1, 0.15) is 5.75 Å². The Hall–Kier alpha value is -2.54. The molecule has 22 heavy (non-hydrogen) atoms. The van der Waals surface area contributed by atoms with Gasteiger partial charge in [-0.15, -0.1) is 0 Å². The molecule has 0 saturated heterocycles. The first-order valence-corrected chi connectivity index (χ1v) is 7.89. The number of carbonyl (C=O) groups excluding carboxylic acids is 1. The minimum absolute atomic E-state index is 0.160. The van der Waals surface area contributed by atoms with Gasteiger partial charge in [-0.05, 0) is 55.0 Å². The average molecular weight is 320 g/mol. The van der Waals surface area contributed by atoms with Crippen molar-refractivity contribution in [1.29, 1.82) is 0 Å². The van der Waals surface area contributed by atoms with Crippen molar-refractivity contribution < 1.29 is 17.9 Å². The molecule has 0 aromatic heterocycles. The monoisotopic (exact) mass is 320 g/mol. The van der Waals surface area contributed by atoms with Crippen LogP contribution in [0.1, 0.15) is 15.9 Å². The number of rotatable bonds is 5. The van der Waals surface area contributed by atoms with Crippen LogP contribution in [0.5, 0.6) is 5.75 Å². The van der Waals surface area contributed by atoms with Crippen molar-refractivity contribution in [3.63, 3.8) is 0 Å². The highest BCUT2D eigenvalue weighted by Crippen LogP contribution is 2.23. The van der Waals surface area contributed by atoms with Gasteiger partial charge in [-0.1, -0.05) is 0 Å². The molecule has 6 nitrogen and oxygen atoms in total. The molecule has 0 aliphatic heterocycles. The zero-order valence-electron chi connectivity index (χ0n) is 12.2. The minimum atomic E-state index is -3.72. The van der Waals surface area contributed by atoms with Gasteiger partial charge in [0, 0.05) is 11.3 Å². The lowest BCUT2D eigenvalue weighted by Crippen LogP contribution is -2.15. The normalized spacial score (nSPS) is 11.0. The fourth-order valence-electron chi connectivity index (χ4n) is 1.96. The second kappa shape index (κ2) is 6.07. The highest BCUT2D eigenvalue weighted by molar-refractivity contribution is 7.92. The number of primary amides is 1. The number of anilines is 1. The van der Waals surface area contributed by atoms with E-state index in [2.05, 4.69) is 4.72 Å². The number of carbonyl (C=O) groups is 1. The Kier molecular flexibility index (Phi) is 4.37. The SMILES string of the molecule is COc1ccc(S(=O)(=O)Nc2ccc(C(N)=O)cc2)c(C)c1. The summed E-state index contributed by atoms with van der Waals surface area (Å²) < 4.78 is 32.3. The van der Waals surface area contributed by atoms with Crippen molar-refractivity contribution in [3.05, 3.63) is 53.6 Å². The second-order valence-electron chi connectivity index (χ2n) is 4.68. The predicted octanol–water partition coefficient (Wildman–Crippen LogP) is 1.90. The average Bonchev–Trinajstić information content (AvgIpc) is 2.46. The van der Waals surface area contributed by atoms with Gasteiger partial charge in [0.15, 0.2) is 0 Å². The third-order valence-electron chi connectivity index (χ3n) is 3.09. The molecule has 7 heteroatoms. The Morgan fingerprint density at radius 2 is 1.77 bits per heavy atom. The largest absolute Gasteiger partial charge is 0.497 e. The Bertz CT molecular complexity index is 799. The Balaban J connectivity index is 2.29. The molecule has 2 rings (SSSR count). The first-order chi connectivity index (χ1) is 10.3. The van der Waals surface area contributed by atoms with E-state index in [1.165, 1.54) is 37.4 Å². The second-order valence-corrected chi connectivity index (χ2v) is 6.33. The fraction of sp³-hybridized carbons (Fsp3) is 0.133. The molecule has 0 heterocycles. The fourth-order valence-corrected chi connectivity index (χ4v) is 3.25. The van der Waals surface area contributed by atoms with E-state index in [-0.39, 0.29) is 4.90 Å². The standard InChI is InChI=1S/C15H16N2O4S/c1-10-9-13(21-2)7-8-14(10)22(19,20)17-12-5-3-11(4-6-12)15(16)18/h3-9,17H,1-2H3,(H2,16,18). The van der Waals surface area contributed by atoms with E-state index in [1.54, 1.807) is 19.1 Å². The molecule has 0 unspecified atom stereocenters. The maximum absolute atomic E-state index is 12.4. The summed E-state index contributed by atoms with van der Waals surface area (Å²) >= 11 is 0. The molecular formula is C15H16N2O4S. The van der Waals surface area contributed by atoms with Crippen LogP contribution in [0.25, 0.3) is 0 Å². The van der Waals surface area contributed by atoms with Gasteiger partial charge >= 0.3 is 0 Å². The first kappa shape index (κ1) is 15.8. The number of methoxy groups -OCH3 is 1. The van der Waals surface area contributed by atoms with E-state index in [1.807, 2.05) is 0 Å². The number of hydrogen-bond donors (Lipinski definition) is 2. The van der Waals surface area contributed by atoms with Crippen LogP contribution < -0.4 is 15.2 Å². The predicted molar refractivity (Wildman–Crippen MR) is 83.5 cm³/mol. The Morgan fingerprint density at radius 1 is 1.14 bits per heavy atom. The number of sulfonamides is 1. The first-order valence-electron chi connectivity index (χ1n) is 6.41. The van der Waals surface area contributed by atoms with Crippen molar-refractivity contribution in [2.75, 3.05) is 11.8 Å². The molecule has 0 bridgehead atoms. The van der Waals surface area contributed by atoms with E-state index in [4.69, 9.17) is 10.5 Å². The maximum atomic E-state index is 12.4. The lowest BCUT2D eigenvalue weighted by atomic mass is 10.2. The van der Waals surface area contributed by atoms with Crippen LogP contribution in [-0.4, -0.2) is 21.4 Å². The van der Waals surface area contributed by atoms with Gasteiger partial charge in [-0.3, -0.25) is 9.52 Å². The summed E-state index contributed by atoms with van der Waals surface area (Å²) in [6, 6.07) is 10.6. The van der Waals surface area contributed by atoms with E-state index in [0.29, 0.717) is 22.6 Å². The highest BCUT2D eigenvalue weighted by Gasteiger charge is 2.17. The highest BCUT2D eigenvalue weighted by atomic mass is 32.2. The minimum Gasteiger partial charge on any atom is -0.497 e. The molecule has 1 amide bonds. The number of hydrogen-bond acceptors (Lipinski definition) is 4. The van der Waals surface area contributed by atoms with Crippen LogP contribution in [-0.2, 0) is 10.0 Å². The third kappa shape index (κ3) is 3.37. The van der Waals surface area contributed by atoms with Gasteiger partial charge in [0.25, 0.3) is 10.0 Å². The molecule has 0 spiro atoms. The molecule has 2 aromatic rings. The van der Waals surface area contributed by atoms with Crippen molar-refractivity contribution in [2.24, 2.45) is 5.73 Å². The van der Waals surface area contributed by atoms with Crippen molar-refractivity contribution in [3.8, 4) is 5.75 Å². The zero-order chi connectivity index (χ0) is 16.3. The summed E-state index contributed by atoms with van der Waals surface area (Å²) in [6.45, 7) is 1.69. The summed E-state index contributed by atoms with van der Waals surface area (Å²) in [4.78, 5) is 11.2. The number of nitrogens with two attached hydrogens (primary N) is 1. The molecule has 116 valence electrons. The third-order valence-corrected chi connectivity index (χ3v) is 4.63. The van der Waals surface area contributed by atoms with Gasteiger partial charge in [-0.2, -0.15) is 0 Å². The molecule has 2 aromatic carbocycles. The van der Waals surface area contributed by atoms with Gasteiger partial charge in [0.2, 0.25) is 5.91 Å². The van der Waals surface area contributed by atoms with Crippen LogP contribution in [0, 0.1) is 6.92 Å². The van der Waals surface area contributed by atoms with E-state index in [0.717, 1.165) is 0 Å².